The summed E-state index contributed by atoms with van der Waals surface area (Å²) < 4.78 is 1.72. The Hall–Kier alpha value is -1.94. The Balaban J connectivity index is 1.83. The molecule has 0 saturated heterocycles. The zero-order valence-electron chi connectivity index (χ0n) is 9.06. The van der Waals surface area contributed by atoms with Gasteiger partial charge in [0.05, 0.1) is 0 Å². The number of anilines is 1. The van der Waals surface area contributed by atoms with E-state index in [0.717, 1.165) is 5.69 Å². The maximum atomic E-state index is 11.6. The largest absolute Gasteiger partial charge is 0.325 e. The lowest BCUT2D eigenvalue weighted by molar-refractivity contribution is -0.114. The lowest BCUT2D eigenvalue weighted by Crippen LogP contribution is -2.26. The zero-order chi connectivity index (χ0) is 12.1. The minimum absolute atomic E-state index is 0.110. The molecular formula is C12H12ClN3O. The van der Waals surface area contributed by atoms with Gasteiger partial charge in [0.2, 0.25) is 5.91 Å². The quantitative estimate of drug-likeness (QED) is 0.874. The van der Waals surface area contributed by atoms with E-state index in [-0.39, 0.29) is 12.5 Å². The molecule has 0 spiro atoms. The van der Waals surface area contributed by atoms with Gasteiger partial charge in [0.1, 0.15) is 6.54 Å². The molecule has 88 valence electrons. The SMILES string of the molecule is O=C(CNn1cccc1)Nc1ccc(Cl)cc1. The van der Waals surface area contributed by atoms with E-state index in [9.17, 15) is 4.79 Å². The van der Waals surface area contributed by atoms with Crippen LogP contribution in [0.4, 0.5) is 5.69 Å². The van der Waals surface area contributed by atoms with Crippen LogP contribution in [0.3, 0.4) is 0 Å². The monoisotopic (exact) mass is 249 g/mol. The normalized spacial score (nSPS) is 9.94. The van der Waals surface area contributed by atoms with Crippen LogP contribution in [0.15, 0.2) is 48.8 Å². The van der Waals surface area contributed by atoms with Gasteiger partial charge in [-0.25, -0.2) is 0 Å². The van der Waals surface area contributed by atoms with Crippen molar-refractivity contribution in [2.24, 2.45) is 0 Å². The molecule has 5 heteroatoms. The smallest absolute Gasteiger partial charge is 0.245 e. The first-order valence-corrected chi connectivity index (χ1v) is 5.54. The van der Waals surface area contributed by atoms with Crippen LogP contribution >= 0.6 is 11.6 Å². The summed E-state index contributed by atoms with van der Waals surface area (Å²) in [5.41, 5.74) is 3.66. The van der Waals surface area contributed by atoms with Crippen molar-refractivity contribution in [3.63, 3.8) is 0 Å². The Bertz CT molecular complexity index is 479. The van der Waals surface area contributed by atoms with Gasteiger partial charge in [0.25, 0.3) is 0 Å². The van der Waals surface area contributed by atoms with Crippen molar-refractivity contribution in [3.8, 4) is 0 Å². The molecule has 2 rings (SSSR count). The predicted molar refractivity (Wildman–Crippen MR) is 68.7 cm³/mol. The summed E-state index contributed by atoms with van der Waals surface area (Å²) in [6, 6.07) is 10.7. The van der Waals surface area contributed by atoms with E-state index < -0.39 is 0 Å². The van der Waals surface area contributed by atoms with Crippen LogP contribution in [-0.4, -0.2) is 17.1 Å². The van der Waals surface area contributed by atoms with E-state index in [2.05, 4.69) is 10.7 Å². The number of carbonyl (C=O) groups is 1. The number of hydrogen-bond acceptors (Lipinski definition) is 2. The summed E-state index contributed by atoms with van der Waals surface area (Å²) in [5, 5.41) is 3.40. The van der Waals surface area contributed by atoms with Crippen LogP contribution < -0.4 is 10.7 Å². The summed E-state index contributed by atoms with van der Waals surface area (Å²) in [4.78, 5) is 11.6. The van der Waals surface area contributed by atoms with Crippen molar-refractivity contribution < 1.29 is 4.79 Å². The molecule has 1 aromatic carbocycles. The van der Waals surface area contributed by atoms with Gasteiger partial charge in [-0.2, -0.15) is 0 Å². The summed E-state index contributed by atoms with van der Waals surface area (Å²) in [5.74, 6) is -0.110. The summed E-state index contributed by atoms with van der Waals surface area (Å²) >= 11 is 5.75. The highest BCUT2D eigenvalue weighted by atomic mass is 35.5. The first-order valence-electron chi connectivity index (χ1n) is 5.16. The summed E-state index contributed by atoms with van der Waals surface area (Å²) in [6.45, 7) is 0.206. The first-order chi connectivity index (χ1) is 8.24. The molecule has 0 aliphatic heterocycles. The number of nitrogens with one attached hydrogen (secondary N) is 2. The van der Waals surface area contributed by atoms with E-state index in [1.807, 2.05) is 24.5 Å². The van der Waals surface area contributed by atoms with E-state index in [4.69, 9.17) is 11.6 Å². The van der Waals surface area contributed by atoms with Crippen molar-refractivity contribution in [3.05, 3.63) is 53.8 Å². The number of hydrogen-bond donors (Lipinski definition) is 2. The van der Waals surface area contributed by atoms with Gasteiger partial charge in [-0.1, -0.05) is 11.6 Å². The number of carbonyl (C=O) groups excluding carboxylic acids is 1. The molecule has 0 aliphatic carbocycles. The minimum Gasteiger partial charge on any atom is -0.325 e. The fraction of sp³-hybridized carbons (Fsp3) is 0.0833. The van der Waals surface area contributed by atoms with Crippen LogP contribution in [0.25, 0.3) is 0 Å². The van der Waals surface area contributed by atoms with E-state index in [1.165, 1.54) is 0 Å². The van der Waals surface area contributed by atoms with Crippen LogP contribution in [0, 0.1) is 0 Å². The third kappa shape index (κ3) is 3.53. The van der Waals surface area contributed by atoms with Crippen molar-refractivity contribution in [1.29, 1.82) is 0 Å². The maximum absolute atomic E-state index is 11.6. The lowest BCUT2D eigenvalue weighted by atomic mass is 10.3. The Morgan fingerprint density at radius 2 is 1.82 bits per heavy atom. The third-order valence-corrected chi connectivity index (χ3v) is 2.41. The predicted octanol–water partition coefficient (Wildman–Crippen LogP) is 2.32. The molecule has 1 amide bonds. The van der Waals surface area contributed by atoms with Gasteiger partial charge in [0, 0.05) is 23.1 Å². The highest BCUT2D eigenvalue weighted by molar-refractivity contribution is 6.30. The van der Waals surface area contributed by atoms with Gasteiger partial charge >= 0.3 is 0 Å². The summed E-state index contributed by atoms with van der Waals surface area (Å²) in [7, 11) is 0. The number of aromatic nitrogens is 1. The lowest BCUT2D eigenvalue weighted by Gasteiger charge is -2.08. The number of nitrogens with zero attached hydrogens (tertiary/aromatic N) is 1. The van der Waals surface area contributed by atoms with E-state index in [0.29, 0.717) is 5.02 Å². The Morgan fingerprint density at radius 3 is 2.47 bits per heavy atom. The molecule has 17 heavy (non-hydrogen) atoms. The maximum Gasteiger partial charge on any atom is 0.245 e. The molecule has 4 nitrogen and oxygen atoms in total. The molecule has 2 N–H and O–H groups in total. The van der Waals surface area contributed by atoms with Gasteiger partial charge < -0.3 is 10.7 Å². The number of rotatable bonds is 4. The average molecular weight is 250 g/mol. The van der Waals surface area contributed by atoms with Crippen LogP contribution in [0.5, 0.6) is 0 Å². The average Bonchev–Trinajstić information content (AvgIpc) is 2.83. The topological polar surface area (TPSA) is 46.1 Å². The molecule has 0 radical (unpaired) electrons. The zero-order valence-corrected chi connectivity index (χ0v) is 9.82. The molecule has 0 unspecified atom stereocenters. The van der Waals surface area contributed by atoms with E-state index >= 15 is 0 Å². The third-order valence-electron chi connectivity index (χ3n) is 2.15. The Kier molecular flexibility index (Phi) is 3.67. The van der Waals surface area contributed by atoms with Crippen molar-refractivity contribution in [2.45, 2.75) is 0 Å². The number of amides is 1. The van der Waals surface area contributed by atoms with E-state index in [1.54, 1.807) is 28.9 Å². The van der Waals surface area contributed by atoms with Gasteiger partial charge in [-0.05, 0) is 36.4 Å². The first kappa shape index (κ1) is 11.5. The highest BCUT2D eigenvalue weighted by Crippen LogP contribution is 2.12. The highest BCUT2D eigenvalue weighted by Gasteiger charge is 2.01. The fourth-order valence-electron chi connectivity index (χ4n) is 1.34. The molecular weight excluding hydrogens is 238 g/mol. The molecule has 1 aromatic heterocycles. The second-order valence-corrected chi connectivity index (χ2v) is 3.92. The molecule has 2 aromatic rings. The Morgan fingerprint density at radius 1 is 1.18 bits per heavy atom. The van der Waals surface area contributed by atoms with Gasteiger partial charge in [-0.3, -0.25) is 9.47 Å². The molecule has 0 saturated carbocycles. The molecule has 0 aliphatic rings. The van der Waals surface area contributed by atoms with Crippen LogP contribution in [0.2, 0.25) is 5.02 Å². The van der Waals surface area contributed by atoms with Crippen molar-refractivity contribution in [1.82, 2.24) is 4.68 Å². The fourth-order valence-corrected chi connectivity index (χ4v) is 1.47. The second-order valence-electron chi connectivity index (χ2n) is 3.48. The van der Waals surface area contributed by atoms with Crippen molar-refractivity contribution >= 4 is 23.2 Å². The van der Waals surface area contributed by atoms with Crippen molar-refractivity contribution in [2.75, 3.05) is 17.3 Å². The number of halogens is 1. The second kappa shape index (κ2) is 5.41. The van der Waals surface area contributed by atoms with Crippen LogP contribution in [-0.2, 0) is 4.79 Å². The molecule has 0 fully saturated rings. The molecule has 0 atom stereocenters. The van der Waals surface area contributed by atoms with Gasteiger partial charge in [-0.15, -0.1) is 0 Å². The van der Waals surface area contributed by atoms with Crippen LogP contribution in [0.1, 0.15) is 0 Å². The molecule has 1 heterocycles. The minimum atomic E-state index is -0.110. The number of benzene rings is 1. The molecule has 0 bridgehead atoms. The van der Waals surface area contributed by atoms with Gasteiger partial charge in [0.15, 0.2) is 0 Å². The Labute approximate surface area is 104 Å². The standard InChI is InChI=1S/C12H12ClN3O/c13-10-3-5-11(6-4-10)15-12(17)9-14-16-7-1-2-8-16/h1-8,14H,9H2,(H,15,17). The summed E-state index contributed by atoms with van der Waals surface area (Å²) in [6.07, 6.45) is 3.66.